The predicted molar refractivity (Wildman–Crippen MR) is 99.1 cm³/mol. The Bertz CT molecular complexity index is 777. The number of thiazole rings is 1. The molecule has 3 rings (SSSR count). The average Bonchev–Trinajstić information content (AvgIpc) is 3.23. The topological polar surface area (TPSA) is 62.3 Å². The van der Waals surface area contributed by atoms with Crippen LogP contribution in [0, 0.1) is 6.92 Å². The van der Waals surface area contributed by atoms with Crippen LogP contribution in [-0.4, -0.2) is 40.8 Å². The number of hydrogen-bond acceptors (Lipinski definition) is 4. The molecular weight excluding hydrogens is 358 g/mol. The van der Waals surface area contributed by atoms with Gasteiger partial charge >= 0.3 is 0 Å². The van der Waals surface area contributed by atoms with Gasteiger partial charge in [0.1, 0.15) is 6.04 Å². The van der Waals surface area contributed by atoms with Crippen molar-refractivity contribution in [3.8, 4) is 0 Å². The number of nitrogens with one attached hydrogen (secondary N) is 1. The zero-order valence-electron chi connectivity index (χ0n) is 14.0. The van der Waals surface area contributed by atoms with E-state index in [9.17, 15) is 9.59 Å². The quantitative estimate of drug-likeness (QED) is 0.871. The molecule has 0 aliphatic carbocycles. The summed E-state index contributed by atoms with van der Waals surface area (Å²) in [7, 11) is 0. The van der Waals surface area contributed by atoms with Crippen LogP contribution in [0.2, 0.25) is 5.02 Å². The van der Waals surface area contributed by atoms with Gasteiger partial charge in [-0.05, 0) is 31.9 Å². The van der Waals surface area contributed by atoms with Gasteiger partial charge in [-0.3, -0.25) is 9.59 Å². The summed E-state index contributed by atoms with van der Waals surface area (Å²) in [5.74, 6) is -0.289. The van der Waals surface area contributed by atoms with Crippen LogP contribution in [0.3, 0.4) is 0 Å². The highest BCUT2D eigenvalue weighted by Gasteiger charge is 2.34. The lowest BCUT2D eigenvalue weighted by Crippen LogP contribution is -2.46. The fourth-order valence-electron chi connectivity index (χ4n) is 3.03. The lowest BCUT2D eigenvalue weighted by Gasteiger charge is -2.24. The summed E-state index contributed by atoms with van der Waals surface area (Å²) in [6, 6.07) is 6.52. The van der Waals surface area contributed by atoms with Crippen molar-refractivity contribution in [1.82, 2.24) is 15.2 Å². The number of carbonyl (C=O) groups excluding carboxylic acids is 2. The highest BCUT2D eigenvalue weighted by molar-refractivity contribution is 7.09. The molecule has 1 atom stereocenters. The minimum atomic E-state index is -0.430. The van der Waals surface area contributed by atoms with E-state index in [0.29, 0.717) is 36.5 Å². The summed E-state index contributed by atoms with van der Waals surface area (Å²) in [6.07, 6.45) is 2.19. The number of carbonyl (C=O) groups is 2. The molecule has 7 heteroatoms. The van der Waals surface area contributed by atoms with E-state index in [0.717, 1.165) is 17.1 Å². The number of nitrogens with zero attached hydrogens (tertiary/aromatic N) is 2. The Morgan fingerprint density at radius 3 is 2.92 bits per heavy atom. The van der Waals surface area contributed by atoms with Crippen molar-refractivity contribution < 1.29 is 9.59 Å². The number of amides is 2. The minimum Gasteiger partial charge on any atom is -0.354 e. The van der Waals surface area contributed by atoms with E-state index in [2.05, 4.69) is 10.3 Å². The summed E-state index contributed by atoms with van der Waals surface area (Å²) < 4.78 is 0. The number of rotatable bonds is 5. The first kappa shape index (κ1) is 17.9. The lowest BCUT2D eigenvalue weighted by atomic mass is 10.1. The maximum Gasteiger partial charge on any atom is 0.256 e. The third-order valence-electron chi connectivity index (χ3n) is 4.27. The van der Waals surface area contributed by atoms with Crippen LogP contribution in [0.25, 0.3) is 0 Å². The fraction of sp³-hybridized carbons (Fsp3) is 0.389. The van der Waals surface area contributed by atoms with Gasteiger partial charge in [0.15, 0.2) is 0 Å². The second kappa shape index (κ2) is 7.97. The Kier molecular flexibility index (Phi) is 5.71. The van der Waals surface area contributed by atoms with Crippen molar-refractivity contribution in [2.45, 2.75) is 32.2 Å². The first-order valence-electron chi connectivity index (χ1n) is 8.30. The Hall–Kier alpha value is -1.92. The number of benzene rings is 1. The van der Waals surface area contributed by atoms with E-state index >= 15 is 0 Å². The number of hydrogen-bond donors (Lipinski definition) is 1. The molecule has 132 valence electrons. The molecule has 1 saturated heterocycles. The molecule has 1 aromatic carbocycles. The molecule has 1 fully saturated rings. The third-order valence-corrected chi connectivity index (χ3v) is 5.42. The largest absolute Gasteiger partial charge is 0.354 e. The average molecular weight is 378 g/mol. The predicted octanol–water partition coefficient (Wildman–Crippen LogP) is 3.07. The van der Waals surface area contributed by atoms with Crippen molar-refractivity contribution in [1.29, 1.82) is 0 Å². The van der Waals surface area contributed by atoms with Crippen LogP contribution in [0.15, 0.2) is 29.6 Å². The van der Waals surface area contributed by atoms with Crippen LogP contribution in [0.1, 0.15) is 33.9 Å². The van der Waals surface area contributed by atoms with E-state index in [1.807, 2.05) is 12.3 Å². The molecule has 0 bridgehead atoms. The Morgan fingerprint density at radius 2 is 2.20 bits per heavy atom. The standard InChI is InChI=1S/C18H20ClN3O2S/c1-12-21-13(11-25-12)8-9-20-17(23)16-7-4-10-22(16)18(24)14-5-2-3-6-15(14)19/h2-3,5-6,11,16H,4,7-10H2,1H3,(H,20,23)/t16-/m1/s1. The van der Waals surface area contributed by atoms with Crippen molar-refractivity contribution >= 4 is 34.8 Å². The Balaban J connectivity index is 1.59. The van der Waals surface area contributed by atoms with Crippen LogP contribution in [0.4, 0.5) is 0 Å². The summed E-state index contributed by atoms with van der Waals surface area (Å²) in [5, 5.41) is 6.37. The summed E-state index contributed by atoms with van der Waals surface area (Å²) in [4.78, 5) is 31.3. The molecule has 0 unspecified atom stereocenters. The van der Waals surface area contributed by atoms with Crippen molar-refractivity contribution in [2.24, 2.45) is 0 Å². The molecule has 0 saturated carbocycles. The molecule has 1 aliphatic rings. The van der Waals surface area contributed by atoms with E-state index in [-0.39, 0.29) is 11.8 Å². The fourth-order valence-corrected chi connectivity index (χ4v) is 3.89. The van der Waals surface area contributed by atoms with E-state index < -0.39 is 6.04 Å². The molecule has 2 aromatic rings. The number of aryl methyl sites for hydroxylation is 1. The molecule has 2 heterocycles. The zero-order chi connectivity index (χ0) is 17.8. The van der Waals surface area contributed by atoms with Gasteiger partial charge in [-0.2, -0.15) is 0 Å². The van der Waals surface area contributed by atoms with Gasteiger partial charge in [-0.15, -0.1) is 11.3 Å². The molecule has 25 heavy (non-hydrogen) atoms. The molecule has 0 spiro atoms. The molecule has 1 aliphatic heterocycles. The Labute approximate surface area is 156 Å². The summed E-state index contributed by atoms with van der Waals surface area (Å²) in [5.41, 5.74) is 1.43. The van der Waals surface area contributed by atoms with Crippen molar-refractivity contribution in [3.05, 3.63) is 50.9 Å². The Morgan fingerprint density at radius 1 is 1.40 bits per heavy atom. The van der Waals surface area contributed by atoms with Gasteiger partial charge in [-0.1, -0.05) is 23.7 Å². The molecule has 1 aromatic heterocycles. The molecular formula is C18H20ClN3O2S. The van der Waals surface area contributed by atoms with Crippen molar-refractivity contribution in [2.75, 3.05) is 13.1 Å². The molecule has 2 amide bonds. The van der Waals surface area contributed by atoms with Crippen molar-refractivity contribution in [3.63, 3.8) is 0 Å². The number of aromatic nitrogens is 1. The van der Waals surface area contributed by atoms with E-state index in [1.54, 1.807) is 40.5 Å². The highest BCUT2D eigenvalue weighted by atomic mass is 35.5. The van der Waals surface area contributed by atoms with E-state index in [4.69, 9.17) is 11.6 Å². The SMILES string of the molecule is Cc1nc(CCNC(=O)[C@H]2CCCN2C(=O)c2ccccc2Cl)cs1. The van der Waals surface area contributed by atoms with Gasteiger partial charge in [0.25, 0.3) is 5.91 Å². The molecule has 1 N–H and O–H groups in total. The lowest BCUT2D eigenvalue weighted by molar-refractivity contribution is -0.124. The first-order valence-corrected chi connectivity index (χ1v) is 9.56. The zero-order valence-corrected chi connectivity index (χ0v) is 15.6. The molecule has 5 nitrogen and oxygen atoms in total. The van der Waals surface area contributed by atoms with Crippen LogP contribution in [-0.2, 0) is 11.2 Å². The van der Waals surface area contributed by atoms with Gasteiger partial charge < -0.3 is 10.2 Å². The highest BCUT2D eigenvalue weighted by Crippen LogP contribution is 2.24. The monoisotopic (exact) mass is 377 g/mol. The number of likely N-dealkylation sites (tertiary alicyclic amines) is 1. The summed E-state index contributed by atoms with van der Waals surface area (Å²) in [6.45, 7) is 3.06. The minimum absolute atomic E-state index is 0.107. The van der Waals surface area contributed by atoms with Gasteiger partial charge in [0.2, 0.25) is 5.91 Å². The van der Waals surface area contributed by atoms with Crippen LogP contribution in [0.5, 0.6) is 0 Å². The van der Waals surface area contributed by atoms with Gasteiger partial charge in [0, 0.05) is 24.9 Å². The van der Waals surface area contributed by atoms with Gasteiger partial charge in [-0.25, -0.2) is 4.98 Å². The van der Waals surface area contributed by atoms with Crippen LogP contribution >= 0.6 is 22.9 Å². The van der Waals surface area contributed by atoms with Crippen LogP contribution < -0.4 is 5.32 Å². The number of halogens is 1. The van der Waals surface area contributed by atoms with Gasteiger partial charge in [0.05, 0.1) is 21.3 Å². The molecule has 0 radical (unpaired) electrons. The maximum absolute atomic E-state index is 12.7. The maximum atomic E-state index is 12.7. The smallest absolute Gasteiger partial charge is 0.256 e. The summed E-state index contributed by atoms with van der Waals surface area (Å²) >= 11 is 7.73. The normalized spacial score (nSPS) is 16.9. The third kappa shape index (κ3) is 4.19. The second-order valence-corrected chi connectivity index (χ2v) is 7.50. The second-order valence-electron chi connectivity index (χ2n) is 6.04. The first-order chi connectivity index (χ1) is 12.1. The van der Waals surface area contributed by atoms with E-state index in [1.165, 1.54) is 0 Å².